The topological polar surface area (TPSA) is 37.3 Å². The zero-order valence-electron chi connectivity index (χ0n) is 17.7. The van der Waals surface area contributed by atoms with E-state index >= 15 is 0 Å². The third-order valence-corrected chi connectivity index (χ3v) is 7.00. The average molecular weight is 385 g/mol. The Labute approximate surface area is 166 Å². The molecule has 2 unspecified atom stereocenters. The molecular formula is C24H33O2P. The molecule has 0 aliphatic carbocycles. The summed E-state index contributed by atoms with van der Waals surface area (Å²) in [6.45, 7) is 14.6. The fraction of sp³-hybridized carbons (Fsp3) is 0.458. The lowest BCUT2D eigenvalue weighted by Gasteiger charge is -2.34. The third-order valence-electron chi connectivity index (χ3n) is 5.23. The standard InChI is InChI=1S/C24H33O2P/c1-8-13-24(7,27-21-12-10-9-11-19(21)17(3)25)20-15-18(23(4,5)6)14-16(2)22(20)26/h9-12,14-15,26-27H,8,13H2,1-7H3. The highest BCUT2D eigenvalue weighted by atomic mass is 31.1. The first-order chi connectivity index (χ1) is 12.5. The Morgan fingerprint density at radius 2 is 1.74 bits per heavy atom. The maximum absolute atomic E-state index is 12.1. The maximum Gasteiger partial charge on any atom is 0.160 e. The highest BCUT2D eigenvalue weighted by Crippen LogP contribution is 2.50. The molecule has 2 nitrogen and oxygen atoms in total. The minimum atomic E-state index is -0.212. The second-order valence-electron chi connectivity index (χ2n) is 8.75. The first kappa shape index (κ1) is 21.6. The van der Waals surface area contributed by atoms with Crippen LogP contribution in [-0.4, -0.2) is 10.9 Å². The number of phenols is 1. The minimum Gasteiger partial charge on any atom is -0.507 e. The number of rotatable bonds is 6. The fourth-order valence-corrected chi connectivity index (χ4v) is 5.46. The van der Waals surface area contributed by atoms with Gasteiger partial charge in [0.1, 0.15) is 5.75 Å². The summed E-state index contributed by atoms with van der Waals surface area (Å²) >= 11 is 0. The number of Topliss-reactive ketones (excluding diaryl/α,β-unsaturated/α-hetero) is 1. The largest absolute Gasteiger partial charge is 0.507 e. The van der Waals surface area contributed by atoms with E-state index in [1.165, 1.54) is 5.56 Å². The highest BCUT2D eigenvalue weighted by molar-refractivity contribution is 7.48. The predicted octanol–water partition coefficient (Wildman–Crippen LogP) is 6.22. The quantitative estimate of drug-likeness (QED) is 0.474. The van der Waals surface area contributed by atoms with Crippen molar-refractivity contribution in [1.29, 1.82) is 0 Å². The zero-order chi connectivity index (χ0) is 20.4. The van der Waals surface area contributed by atoms with Gasteiger partial charge in [-0.1, -0.05) is 86.0 Å². The van der Waals surface area contributed by atoms with Crippen LogP contribution in [0.1, 0.15) is 81.4 Å². The van der Waals surface area contributed by atoms with Crippen molar-refractivity contribution in [2.75, 3.05) is 0 Å². The van der Waals surface area contributed by atoms with E-state index in [-0.39, 0.29) is 16.4 Å². The van der Waals surface area contributed by atoms with E-state index in [4.69, 9.17) is 0 Å². The summed E-state index contributed by atoms with van der Waals surface area (Å²) in [6, 6.07) is 12.2. The number of aryl methyl sites for hydroxylation is 1. The van der Waals surface area contributed by atoms with Crippen molar-refractivity contribution in [1.82, 2.24) is 0 Å². The molecule has 2 atom stereocenters. The van der Waals surface area contributed by atoms with Gasteiger partial charge in [-0.3, -0.25) is 4.79 Å². The fourth-order valence-electron chi connectivity index (χ4n) is 3.59. The summed E-state index contributed by atoms with van der Waals surface area (Å²) < 4.78 is 0. The van der Waals surface area contributed by atoms with Crippen LogP contribution in [0.2, 0.25) is 0 Å². The molecule has 0 amide bonds. The minimum absolute atomic E-state index is 0.0146. The summed E-state index contributed by atoms with van der Waals surface area (Å²) in [6.07, 6.45) is 1.97. The number of benzene rings is 2. The molecule has 0 fully saturated rings. The average Bonchev–Trinajstić information content (AvgIpc) is 2.56. The Morgan fingerprint density at radius 3 is 2.30 bits per heavy atom. The molecule has 0 heterocycles. The molecule has 2 rings (SSSR count). The van der Waals surface area contributed by atoms with Gasteiger partial charge in [0.2, 0.25) is 0 Å². The Kier molecular flexibility index (Phi) is 6.53. The van der Waals surface area contributed by atoms with Crippen molar-refractivity contribution >= 4 is 19.7 Å². The Hall–Kier alpha value is -1.66. The summed E-state index contributed by atoms with van der Waals surface area (Å²) in [5.41, 5.74) is 3.97. The van der Waals surface area contributed by atoms with Gasteiger partial charge in [0.15, 0.2) is 5.78 Å². The molecule has 0 aliphatic rings. The van der Waals surface area contributed by atoms with Crippen molar-refractivity contribution < 1.29 is 9.90 Å². The molecule has 27 heavy (non-hydrogen) atoms. The maximum atomic E-state index is 12.1. The van der Waals surface area contributed by atoms with Crippen LogP contribution in [0.4, 0.5) is 0 Å². The van der Waals surface area contributed by atoms with E-state index in [1.54, 1.807) is 6.92 Å². The van der Waals surface area contributed by atoms with Crippen LogP contribution >= 0.6 is 8.58 Å². The van der Waals surface area contributed by atoms with Gasteiger partial charge in [-0.2, -0.15) is 0 Å². The number of hydrogen-bond acceptors (Lipinski definition) is 2. The zero-order valence-corrected chi connectivity index (χ0v) is 18.7. The van der Waals surface area contributed by atoms with Crippen LogP contribution in [0.5, 0.6) is 5.75 Å². The Balaban J connectivity index is 2.63. The number of carbonyl (C=O) groups excluding carboxylic acids is 1. The second kappa shape index (κ2) is 8.15. The molecule has 1 N–H and O–H groups in total. The molecule has 0 saturated heterocycles. The van der Waals surface area contributed by atoms with Crippen LogP contribution < -0.4 is 5.30 Å². The van der Waals surface area contributed by atoms with Gasteiger partial charge in [0.25, 0.3) is 0 Å². The van der Waals surface area contributed by atoms with Gasteiger partial charge in [0, 0.05) is 16.3 Å². The monoisotopic (exact) mass is 384 g/mol. The van der Waals surface area contributed by atoms with Gasteiger partial charge in [-0.15, -0.1) is 0 Å². The first-order valence-corrected chi connectivity index (χ1v) is 10.7. The van der Waals surface area contributed by atoms with Crippen molar-refractivity contribution in [2.24, 2.45) is 0 Å². The van der Waals surface area contributed by atoms with Crippen LogP contribution in [0.3, 0.4) is 0 Å². The van der Waals surface area contributed by atoms with E-state index < -0.39 is 0 Å². The molecule has 0 radical (unpaired) electrons. The molecule has 0 aliphatic heterocycles. The van der Waals surface area contributed by atoms with E-state index in [2.05, 4.69) is 52.8 Å². The predicted molar refractivity (Wildman–Crippen MR) is 118 cm³/mol. The number of ketones is 1. The van der Waals surface area contributed by atoms with Gasteiger partial charge >= 0.3 is 0 Å². The van der Waals surface area contributed by atoms with Gasteiger partial charge in [-0.25, -0.2) is 0 Å². The van der Waals surface area contributed by atoms with Crippen LogP contribution in [-0.2, 0) is 10.6 Å². The van der Waals surface area contributed by atoms with Crippen molar-refractivity contribution in [3.8, 4) is 5.75 Å². The molecule has 2 aromatic rings. The molecule has 0 spiro atoms. The Bertz CT molecular complexity index is 833. The van der Waals surface area contributed by atoms with Crippen LogP contribution in [0.15, 0.2) is 36.4 Å². The molecule has 2 aromatic carbocycles. The van der Waals surface area contributed by atoms with Crippen molar-refractivity contribution in [3.63, 3.8) is 0 Å². The molecule has 0 saturated carbocycles. The molecule has 0 aromatic heterocycles. The van der Waals surface area contributed by atoms with Crippen molar-refractivity contribution in [3.05, 3.63) is 58.7 Å². The summed E-state index contributed by atoms with van der Waals surface area (Å²) in [5, 5.41) is 11.8. The SMILES string of the molecule is CCCC(C)(Pc1ccccc1C(C)=O)c1cc(C(C)(C)C)cc(C)c1O. The smallest absolute Gasteiger partial charge is 0.160 e. The van der Waals surface area contributed by atoms with E-state index in [9.17, 15) is 9.90 Å². The van der Waals surface area contributed by atoms with Crippen LogP contribution in [0, 0.1) is 6.92 Å². The van der Waals surface area contributed by atoms with Gasteiger partial charge in [-0.05, 0) is 42.1 Å². The normalized spacial score (nSPS) is 14.5. The lowest BCUT2D eigenvalue weighted by molar-refractivity contribution is 0.101. The van der Waals surface area contributed by atoms with E-state index in [0.29, 0.717) is 14.3 Å². The number of phenolic OH excluding ortho intramolecular Hbond substituents is 1. The lowest BCUT2D eigenvalue weighted by Crippen LogP contribution is -2.23. The number of aromatic hydroxyl groups is 1. The van der Waals surface area contributed by atoms with E-state index in [0.717, 1.165) is 34.8 Å². The highest BCUT2D eigenvalue weighted by Gasteiger charge is 2.32. The van der Waals surface area contributed by atoms with Crippen LogP contribution in [0.25, 0.3) is 0 Å². The molecule has 0 bridgehead atoms. The van der Waals surface area contributed by atoms with E-state index in [1.807, 2.05) is 25.1 Å². The molecule has 146 valence electrons. The third kappa shape index (κ3) is 4.79. The second-order valence-corrected chi connectivity index (χ2v) is 10.6. The lowest BCUT2D eigenvalue weighted by atomic mass is 9.82. The number of hydrogen-bond donors (Lipinski definition) is 1. The Morgan fingerprint density at radius 1 is 1.11 bits per heavy atom. The molecule has 3 heteroatoms. The molecular weight excluding hydrogens is 351 g/mol. The van der Waals surface area contributed by atoms with Gasteiger partial charge in [0.05, 0.1) is 0 Å². The van der Waals surface area contributed by atoms with Gasteiger partial charge < -0.3 is 5.11 Å². The summed E-state index contributed by atoms with van der Waals surface area (Å²) in [5.74, 6) is 0.493. The summed E-state index contributed by atoms with van der Waals surface area (Å²) in [4.78, 5) is 12.1. The first-order valence-electron chi connectivity index (χ1n) is 9.72. The number of carbonyl (C=O) groups is 1. The summed E-state index contributed by atoms with van der Waals surface area (Å²) in [7, 11) is 0.416. The van der Waals surface area contributed by atoms with Crippen molar-refractivity contribution in [2.45, 2.75) is 71.9 Å².